The summed E-state index contributed by atoms with van der Waals surface area (Å²) in [6.07, 6.45) is 5.18. The lowest BCUT2D eigenvalue weighted by Crippen LogP contribution is -2.35. The number of benzene rings is 1. The number of carbonyl (C=O) groups excluding carboxylic acids is 1. The molecule has 1 aromatic carbocycles. The van der Waals surface area contributed by atoms with Crippen LogP contribution in [0.25, 0.3) is 0 Å². The fourth-order valence-corrected chi connectivity index (χ4v) is 2.79. The van der Waals surface area contributed by atoms with Crippen LogP contribution in [-0.4, -0.2) is 36.4 Å². The molecule has 0 radical (unpaired) electrons. The predicted octanol–water partition coefficient (Wildman–Crippen LogP) is 2.73. The van der Waals surface area contributed by atoms with Gasteiger partial charge in [0, 0.05) is 31.7 Å². The molecule has 1 aliphatic carbocycles. The third-order valence-corrected chi connectivity index (χ3v) is 4.45. The van der Waals surface area contributed by atoms with Gasteiger partial charge in [0.05, 0.1) is 6.54 Å². The Hall–Kier alpha value is -1.31. The lowest BCUT2D eigenvalue weighted by Gasteiger charge is -2.26. The number of nitrogens with zero attached hydrogens (tertiary/aromatic N) is 3. The van der Waals surface area contributed by atoms with Crippen molar-refractivity contribution in [3.63, 3.8) is 0 Å². The number of hydrogen-bond donors (Lipinski definition) is 1. The molecule has 0 unspecified atom stereocenters. The summed E-state index contributed by atoms with van der Waals surface area (Å²) in [7, 11) is 2.00. The molecule has 0 bridgehead atoms. The highest BCUT2D eigenvalue weighted by molar-refractivity contribution is 14.0. The van der Waals surface area contributed by atoms with E-state index < -0.39 is 0 Å². The van der Waals surface area contributed by atoms with Crippen LogP contribution >= 0.6 is 24.0 Å². The summed E-state index contributed by atoms with van der Waals surface area (Å²) < 4.78 is 0. The molecule has 1 saturated carbocycles. The largest absolute Gasteiger partial charge is 0.370 e. The predicted molar refractivity (Wildman–Crippen MR) is 104 cm³/mol. The summed E-state index contributed by atoms with van der Waals surface area (Å²) in [5.41, 5.74) is 8.09. The summed E-state index contributed by atoms with van der Waals surface area (Å²) in [6.45, 7) is 1.41. The highest BCUT2D eigenvalue weighted by Gasteiger charge is 2.27. The number of piperidine rings is 1. The lowest BCUT2D eigenvalue weighted by molar-refractivity contribution is -0.119. The molecule has 1 amide bonds. The molecular formula is C17H25IN4O. The molecule has 126 valence electrons. The quantitative estimate of drug-likeness (QED) is 0.456. The van der Waals surface area contributed by atoms with Crippen molar-refractivity contribution in [1.29, 1.82) is 0 Å². The molecule has 6 heteroatoms. The summed E-state index contributed by atoms with van der Waals surface area (Å²) in [5, 5.41) is 0. The van der Waals surface area contributed by atoms with Gasteiger partial charge in [0.2, 0.25) is 5.91 Å². The Labute approximate surface area is 154 Å². The van der Waals surface area contributed by atoms with E-state index in [1.807, 2.05) is 36.2 Å². The van der Waals surface area contributed by atoms with Crippen LogP contribution in [0, 0.1) is 0 Å². The number of guanidine groups is 1. The fraction of sp³-hybridized carbons (Fsp3) is 0.529. The fourth-order valence-electron chi connectivity index (χ4n) is 2.79. The number of aliphatic imine (C=N–C) groups is 1. The van der Waals surface area contributed by atoms with Gasteiger partial charge in [-0.05, 0) is 43.4 Å². The lowest BCUT2D eigenvalue weighted by atomic mass is 10.1. The molecule has 5 nitrogen and oxygen atoms in total. The minimum Gasteiger partial charge on any atom is -0.370 e. The van der Waals surface area contributed by atoms with E-state index in [4.69, 9.17) is 5.73 Å². The first-order chi connectivity index (χ1) is 10.6. The van der Waals surface area contributed by atoms with E-state index in [0.717, 1.165) is 30.6 Å². The maximum absolute atomic E-state index is 11.9. The van der Waals surface area contributed by atoms with Crippen LogP contribution in [0.2, 0.25) is 0 Å². The first-order valence-electron chi connectivity index (χ1n) is 8.07. The first kappa shape index (κ1) is 18.0. The van der Waals surface area contributed by atoms with Crippen molar-refractivity contribution < 1.29 is 4.79 Å². The zero-order valence-corrected chi connectivity index (χ0v) is 15.9. The summed E-state index contributed by atoms with van der Waals surface area (Å²) in [4.78, 5) is 20.3. The molecule has 2 aliphatic rings. The van der Waals surface area contributed by atoms with Crippen molar-refractivity contribution >= 4 is 41.5 Å². The molecule has 23 heavy (non-hydrogen) atoms. The Morgan fingerprint density at radius 2 is 2.00 bits per heavy atom. The maximum Gasteiger partial charge on any atom is 0.226 e. The highest BCUT2D eigenvalue weighted by Crippen LogP contribution is 2.25. The molecule has 1 aliphatic heterocycles. The molecule has 0 spiro atoms. The Bertz CT molecular complexity index is 568. The van der Waals surface area contributed by atoms with Crippen LogP contribution in [-0.2, 0) is 11.3 Å². The molecule has 1 heterocycles. The van der Waals surface area contributed by atoms with Crippen molar-refractivity contribution in [2.45, 2.75) is 44.7 Å². The van der Waals surface area contributed by atoms with Crippen molar-refractivity contribution in [2.24, 2.45) is 10.7 Å². The van der Waals surface area contributed by atoms with Crippen molar-refractivity contribution in [2.75, 3.05) is 18.5 Å². The smallest absolute Gasteiger partial charge is 0.226 e. The zero-order chi connectivity index (χ0) is 15.5. The molecular weight excluding hydrogens is 403 g/mol. The van der Waals surface area contributed by atoms with Crippen LogP contribution in [0.15, 0.2) is 29.3 Å². The van der Waals surface area contributed by atoms with Gasteiger partial charge in [0.25, 0.3) is 0 Å². The Balaban J connectivity index is 0.00000192. The topological polar surface area (TPSA) is 61.9 Å². The van der Waals surface area contributed by atoms with Crippen LogP contribution in [0.5, 0.6) is 0 Å². The summed E-state index contributed by atoms with van der Waals surface area (Å²) >= 11 is 0. The SMILES string of the molecule is CN(C(N)=NCc1ccc(N2CCCCC2=O)cc1)C1CC1.I. The maximum atomic E-state index is 11.9. The van der Waals surface area contributed by atoms with Crippen molar-refractivity contribution in [3.8, 4) is 0 Å². The zero-order valence-electron chi connectivity index (χ0n) is 13.6. The van der Waals surface area contributed by atoms with Gasteiger partial charge in [-0.25, -0.2) is 4.99 Å². The van der Waals surface area contributed by atoms with E-state index in [9.17, 15) is 4.79 Å². The van der Waals surface area contributed by atoms with Gasteiger partial charge < -0.3 is 15.5 Å². The minimum absolute atomic E-state index is 0. The van der Waals surface area contributed by atoms with Gasteiger partial charge in [0.1, 0.15) is 0 Å². The second kappa shape index (κ2) is 7.99. The third kappa shape index (κ3) is 4.59. The second-order valence-electron chi connectivity index (χ2n) is 6.19. The third-order valence-electron chi connectivity index (χ3n) is 4.45. The summed E-state index contributed by atoms with van der Waals surface area (Å²) in [5.74, 6) is 0.838. The molecule has 1 saturated heterocycles. The number of rotatable bonds is 4. The molecule has 2 N–H and O–H groups in total. The van der Waals surface area contributed by atoms with E-state index in [2.05, 4.69) is 9.89 Å². The average Bonchev–Trinajstić information content (AvgIpc) is 3.38. The van der Waals surface area contributed by atoms with Crippen LogP contribution in [0.3, 0.4) is 0 Å². The van der Waals surface area contributed by atoms with Gasteiger partial charge in [0.15, 0.2) is 5.96 Å². The molecule has 1 aromatic rings. The number of hydrogen-bond acceptors (Lipinski definition) is 2. The number of nitrogens with two attached hydrogens (primary N) is 1. The monoisotopic (exact) mass is 428 g/mol. The number of halogens is 1. The number of amides is 1. The van der Waals surface area contributed by atoms with Crippen molar-refractivity contribution in [3.05, 3.63) is 29.8 Å². The van der Waals surface area contributed by atoms with E-state index in [0.29, 0.717) is 25.0 Å². The van der Waals surface area contributed by atoms with Gasteiger partial charge in [-0.3, -0.25) is 4.79 Å². The average molecular weight is 428 g/mol. The van der Waals surface area contributed by atoms with Crippen LogP contribution < -0.4 is 10.6 Å². The standard InChI is InChI=1S/C17H24N4O.HI/c1-20(14-9-10-14)17(18)19-12-13-5-7-15(8-6-13)21-11-3-2-4-16(21)22;/h5-8,14H,2-4,9-12H2,1H3,(H2,18,19);1H. The van der Waals surface area contributed by atoms with E-state index in [1.54, 1.807) is 0 Å². The number of anilines is 1. The first-order valence-corrected chi connectivity index (χ1v) is 8.07. The second-order valence-corrected chi connectivity index (χ2v) is 6.19. The Morgan fingerprint density at radius 3 is 2.61 bits per heavy atom. The Morgan fingerprint density at radius 1 is 1.30 bits per heavy atom. The van der Waals surface area contributed by atoms with E-state index >= 15 is 0 Å². The van der Waals surface area contributed by atoms with Gasteiger partial charge in [-0.2, -0.15) is 0 Å². The highest BCUT2D eigenvalue weighted by atomic mass is 127. The van der Waals surface area contributed by atoms with Crippen LogP contribution in [0.1, 0.15) is 37.7 Å². The molecule has 3 rings (SSSR count). The summed E-state index contributed by atoms with van der Waals surface area (Å²) in [6, 6.07) is 8.66. The van der Waals surface area contributed by atoms with Crippen molar-refractivity contribution in [1.82, 2.24) is 4.90 Å². The Kier molecular flexibility index (Phi) is 6.26. The van der Waals surface area contributed by atoms with E-state index in [1.165, 1.54) is 12.8 Å². The molecule has 0 aromatic heterocycles. The van der Waals surface area contributed by atoms with Gasteiger partial charge >= 0.3 is 0 Å². The molecule has 0 atom stereocenters. The van der Waals surface area contributed by atoms with Gasteiger partial charge in [-0.1, -0.05) is 12.1 Å². The minimum atomic E-state index is 0. The van der Waals surface area contributed by atoms with Gasteiger partial charge in [-0.15, -0.1) is 24.0 Å². The normalized spacial score (nSPS) is 18.6. The number of carbonyl (C=O) groups is 1. The van der Waals surface area contributed by atoms with Crippen LogP contribution in [0.4, 0.5) is 5.69 Å². The molecule has 2 fully saturated rings. The van der Waals surface area contributed by atoms with E-state index in [-0.39, 0.29) is 29.9 Å².